The van der Waals surface area contributed by atoms with Gasteiger partial charge in [0.05, 0.1) is 0 Å². The van der Waals surface area contributed by atoms with Crippen molar-refractivity contribution in [3.63, 3.8) is 0 Å². The van der Waals surface area contributed by atoms with Crippen molar-refractivity contribution in [1.29, 1.82) is 0 Å². The van der Waals surface area contributed by atoms with E-state index in [1.54, 1.807) is 0 Å². The monoisotopic (exact) mass is 272 g/mol. The maximum atomic E-state index is 4.94. The summed E-state index contributed by atoms with van der Waals surface area (Å²) in [6.07, 6.45) is 12.5. The van der Waals surface area contributed by atoms with E-state index in [1.165, 1.54) is 31.4 Å². The fraction of sp³-hybridized carbons (Fsp3) is 0.588. The van der Waals surface area contributed by atoms with Gasteiger partial charge < -0.3 is 4.74 Å². The quantitative estimate of drug-likeness (QED) is 0.735. The van der Waals surface area contributed by atoms with Gasteiger partial charge >= 0.3 is 0 Å². The first-order chi connectivity index (χ1) is 9.84. The third-order valence-electron chi connectivity index (χ3n) is 4.52. The first-order valence-electron chi connectivity index (χ1n) is 7.71. The van der Waals surface area contributed by atoms with Crippen LogP contribution < -0.4 is 0 Å². The Labute approximate surface area is 121 Å². The lowest BCUT2D eigenvalue weighted by Crippen LogP contribution is -2.47. The second-order valence-corrected chi connectivity index (χ2v) is 6.02. The molecule has 0 saturated carbocycles. The number of likely N-dealkylation sites (N-methyl/N-ethyl adjacent to an activating group) is 1. The number of nitrogens with zero attached hydrogens (tertiary/aromatic N) is 2. The van der Waals surface area contributed by atoms with Gasteiger partial charge in [0.2, 0.25) is 0 Å². The fourth-order valence-electron chi connectivity index (χ4n) is 3.47. The zero-order valence-corrected chi connectivity index (χ0v) is 12.2. The van der Waals surface area contributed by atoms with E-state index in [2.05, 4.69) is 35.1 Å². The van der Waals surface area contributed by atoms with Crippen LogP contribution in [-0.4, -0.2) is 42.7 Å². The predicted molar refractivity (Wildman–Crippen MR) is 80.7 cm³/mol. The molecule has 3 heteroatoms. The second kappa shape index (κ2) is 6.51. The van der Waals surface area contributed by atoms with Crippen LogP contribution in [0, 0.1) is 5.92 Å². The van der Waals surface area contributed by atoms with E-state index in [1.807, 2.05) is 18.5 Å². The Kier molecular flexibility index (Phi) is 4.48. The third kappa shape index (κ3) is 3.10. The number of aromatic nitrogens is 1. The average molecular weight is 272 g/mol. The molecule has 0 spiro atoms. The standard InChI is InChI=1S/C13H16N2.C4H8O/c1-15-9-10-4-5-13(15)12(7-10)11-3-2-6-14-8-11;1-2-4-5-3-1/h2-6,8,10,12-13H,7,9H2,1H3;1-4H2. The van der Waals surface area contributed by atoms with Gasteiger partial charge in [-0.3, -0.25) is 9.88 Å². The van der Waals surface area contributed by atoms with Gasteiger partial charge in [0.1, 0.15) is 0 Å². The topological polar surface area (TPSA) is 25.4 Å². The van der Waals surface area contributed by atoms with E-state index in [0.29, 0.717) is 12.0 Å². The fourth-order valence-corrected chi connectivity index (χ4v) is 3.47. The largest absolute Gasteiger partial charge is 0.381 e. The van der Waals surface area contributed by atoms with E-state index in [4.69, 9.17) is 4.74 Å². The summed E-state index contributed by atoms with van der Waals surface area (Å²) in [4.78, 5) is 6.69. The predicted octanol–water partition coefficient (Wildman–Crippen LogP) is 2.85. The van der Waals surface area contributed by atoms with E-state index in [9.17, 15) is 0 Å². The molecule has 0 amide bonds. The minimum absolute atomic E-state index is 0.583. The Bertz CT molecular complexity index is 434. The van der Waals surface area contributed by atoms with Crippen LogP contribution in [0.4, 0.5) is 0 Å². The SMILES string of the molecule is C1CCOC1.CN1CC2C=CC1C(c1cccnc1)C2. The Morgan fingerprint density at radius 1 is 1.25 bits per heavy atom. The molecule has 1 aromatic heterocycles. The van der Waals surface area contributed by atoms with Gasteiger partial charge in [0.15, 0.2) is 0 Å². The van der Waals surface area contributed by atoms with Crippen molar-refractivity contribution >= 4 is 0 Å². The number of hydrogen-bond acceptors (Lipinski definition) is 3. The van der Waals surface area contributed by atoms with Gasteiger partial charge in [-0.2, -0.15) is 0 Å². The number of hydrogen-bond donors (Lipinski definition) is 0. The van der Waals surface area contributed by atoms with Crippen molar-refractivity contribution in [1.82, 2.24) is 9.88 Å². The van der Waals surface area contributed by atoms with E-state index < -0.39 is 0 Å². The van der Waals surface area contributed by atoms with Crippen molar-refractivity contribution in [2.45, 2.75) is 31.2 Å². The molecule has 3 atom stereocenters. The summed E-state index contributed by atoms with van der Waals surface area (Å²) in [6, 6.07) is 4.83. The molecule has 3 nitrogen and oxygen atoms in total. The summed E-state index contributed by atoms with van der Waals surface area (Å²) in [6.45, 7) is 3.22. The van der Waals surface area contributed by atoms with Crippen LogP contribution in [0.5, 0.6) is 0 Å². The average Bonchev–Trinajstić information content (AvgIpc) is 3.08. The molecule has 0 aromatic carbocycles. The Balaban J connectivity index is 0.000000205. The highest BCUT2D eigenvalue weighted by Crippen LogP contribution is 2.39. The molecule has 3 unspecified atom stereocenters. The highest BCUT2D eigenvalue weighted by Gasteiger charge is 2.36. The molecule has 0 radical (unpaired) electrons. The van der Waals surface area contributed by atoms with Crippen molar-refractivity contribution in [2.75, 3.05) is 26.8 Å². The minimum Gasteiger partial charge on any atom is -0.381 e. The highest BCUT2D eigenvalue weighted by molar-refractivity contribution is 5.25. The van der Waals surface area contributed by atoms with Gasteiger partial charge in [0, 0.05) is 44.1 Å². The van der Waals surface area contributed by atoms with Crippen LogP contribution in [0.25, 0.3) is 0 Å². The molecule has 5 rings (SSSR count). The molecule has 2 bridgehead atoms. The van der Waals surface area contributed by atoms with Crippen molar-refractivity contribution in [2.24, 2.45) is 5.92 Å². The molecule has 2 fully saturated rings. The Morgan fingerprint density at radius 3 is 2.65 bits per heavy atom. The van der Waals surface area contributed by atoms with Crippen LogP contribution in [0.3, 0.4) is 0 Å². The molecule has 4 aliphatic rings. The Morgan fingerprint density at radius 2 is 2.10 bits per heavy atom. The molecule has 1 aromatic rings. The van der Waals surface area contributed by atoms with Crippen LogP contribution in [0.2, 0.25) is 0 Å². The first-order valence-corrected chi connectivity index (χ1v) is 7.71. The third-order valence-corrected chi connectivity index (χ3v) is 4.52. The van der Waals surface area contributed by atoms with Gasteiger partial charge in [-0.25, -0.2) is 0 Å². The number of rotatable bonds is 1. The van der Waals surface area contributed by atoms with E-state index in [-0.39, 0.29) is 0 Å². The van der Waals surface area contributed by atoms with Gasteiger partial charge in [-0.05, 0) is 43.9 Å². The van der Waals surface area contributed by atoms with Crippen molar-refractivity contribution in [3.05, 3.63) is 42.2 Å². The molecule has 1 aliphatic carbocycles. The van der Waals surface area contributed by atoms with Crippen LogP contribution in [0.15, 0.2) is 36.7 Å². The number of pyridine rings is 1. The zero-order chi connectivity index (χ0) is 13.8. The number of piperidine rings is 1. The summed E-state index contributed by atoms with van der Waals surface area (Å²) in [5.41, 5.74) is 1.39. The summed E-state index contributed by atoms with van der Waals surface area (Å²) in [7, 11) is 2.23. The lowest BCUT2D eigenvalue weighted by atomic mass is 9.75. The summed E-state index contributed by atoms with van der Waals surface area (Å²) in [5, 5.41) is 0. The highest BCUT2D eigenvalue weighted by atomic mass is 16.5. The maximum absolute atomic E-state index is 4.94. The molecular weight excluding hydrogens is 248 g/mol. The lowest BCUT2D eigenvalue weighted by Gasteiger charge is -2.44. The number of fused-ring (bicyclic) bond motifs is 2. The molecule has 3 aliphatic heterocycles. The Hall–Kier alpha value is -1.19. The second-order valence-electron chi connectivity index (χ2n) is 6.02. The summed E-state index contributed by atoms with van der Waals surface area (Å²) >= 11 is 0. The van der Waals surface area contributed by atoms with Crippen LogP contribution >= 0.6 is 0 Å². The van der Waals surface area contributed by atoms with Crippen molar-refractivity contribution < 1.29 is 4.74 Å². The number of ether oxygens (including phenoxy) is 1. The smallest absolute Gasteiger partial charge is 0.0466 e. The van der Waals surface area contributed by atoms with Crippen LogP contribution in [-0.2, 0) is 4.74 Å². The molecule has 2 saturated heterocycles. The van der Waals surface area contributed by atoms with Gasteiger partial charge in [-0.15, -0.1) is 0 Å². The first kappa shape index (κ1) is 13.8. The zero-order valence-electron chi connectivity index (χ0n) is 12.2. The summed E-state index contributed by atoms with van der Waals surface area (Å²) in [5.74, 6) is 1.39. The molecule has 0 N–H and O–H groups in total. The normalized spacial score (nSPS) is 31.9. The lowest BCUT2D eigenvalue weighted by molar-refractivity contribution is 0.147. The van der Waals surface area contributed by atoms with E-state index >= 15 is 0 Å². The van der Waals surface area contributed by atoms with Crippen molar-refractivity contribution in [3.8, 4) is 0 Å². The van der Waals surface area contributed by atoms with Gasteiger partial charge in [-0.1, -0.05) is 18.2 Å². The molecule has 4 heterocycles. The molecular formula is C17H24N2O. The molecule has 20 heavy (non-hydrogen) atoms. The molecule has 108 valence electrons. The maximum Gasteiger partial charge on any atom is 0.0466 e. The van der Waals surface area contributed by atoms with Crippen LogP contribution in [0.1, 0.15) is 30.7 Å². The van der Waals surface area contributed by atoms with E-state index in [0.717, 1.165) is 19.1 Å². The van der Waals surface area contributed by atoms with Gasteiger partial charge in [0.25, 0.3) is 0 Å². The summed E-state index contributed by atoms with van der Waals surface area (Å²) < 4.78 is 4.94. The minimum atomic E-state index is 0.583.